The number of fused-ring (bicyclic) bond motifs is 2. The molecule has 86 valence electrons. The number of ether oxygens (including phenoxy) is 1. The highest BCUT2D eigenvalue weighted by molar-refractivity contribution is 5.27. The lowest BCUT2D eigenvalue weighted by Gasteiger charge is -2.23. The third-order valence-electron chi connectivity index (χ3n) is 4.07. The minimum atomic E-state index is 0.106. The summed E-state index contributed by atoms with van der Waals surface area (Å²) in [6, 6.07) is 7.81. The van der Waals surface area contributed by atoms with Crippen molar-refractivity contribution < 1.29 is 9.84 Å². The van der Waals surface area contributed by atoms with Gasteiger partial charge in [-0.2, -0.15) is 0 Å². The average Bonchev–Trinajstić information content (AvgIpc) is 2.92. The van der Waals surface area contributed by atoms with Crippen molar-refractivity contribution in [1.82, 2.24) is 0 Å². The summed E-state index contributed by atoms with van der Waals surface area (Å²) in [6.45, 7) is 0.106. The van der Waals surface area contributed by atoms with Crippen LogP contribution < -0.4 is 4.74 Å². The summed E-state index contributed by atoms with van der Waals surface area (Å²) in [4.78, 5) is 0. The molecular formula is C14H18O2. The van der Waals surface area contributed by atoms with Crippen molar-refractivity contribution in [3.05, 3.63) is 29.8 Å². The smallest absolute Gasteiger partial charge is 0.119 e. The van der Waals surface area contributed by atoms with Gasteiger partial charge in [0.15, 0.2) is 0 Å². The second kappa shape index (κ2) is 4.10. The van der Waals surface area contributed by atoms with Gasteiger partial charge in [0.1, 0.15) is 11.9 Å². The Labute approximate surface area is 96.2 Å². The first-order valence-corrected chi connectivity index (χ1v) is 6.21. The van der Waals surface area contributed by atoms with Crippen LogP contribution in [0.5, 0.6) is 5.75 Å². The average molecular weight is 218 g/mol. The number of rotatable bonds is 3. The molecule has 16 heavy (non-hydrogen) atoms. The molecule has 1 N–H and O–H groups in total. The fraction of sp³-hybridized carbons (Fsp3) is 0.571. The largest absolute Gasteiger partial charge is 0.490 e. The van der Waals surface area contributed by atoms with E-state index < -0.39 is 0 Å². The van der Waals surface area contributed by atoms with Crippen molar-refractivity contribution in [2.75, 3.05) is 0 Å². The first kappa shape index (κ1) is 10.2. The van der Waals surface area contributed by atoms with E-state index in [0.29, 0.717) is 6.10 Å². The van der Waals surface area contributed by atoms with E-state index in [4.69, 9.17) is 9.84 Å². The molecule has 0 radical (unpaired) electrons. The van der Waals surface area contributed by atoms with Gasteiger partial charge < -0.3 is 9.84 Å². The zero-order valence-electron chi connectivity index (χ0n) is 9.43. The van der Waals surface area contributed by atoms with E-state index in [0.717, 1.165) is 23.1 Å². The van der Waals surface area contributed by atoms with Gasteiger partial charge in [0.2, 0.25) is 0 Å². The summed E-state index contributed by atoms with van der Waals surface area (Å²) in [7, 11) is 0. The lowest BCUT2D eigenvalue weighted by atomic mass is 9.98. The Morgan fingerprint density at radius 2 is 1.94 bits per heavy atom. The van der Waals surface area contributed by atoms with Crippen LogP contribution in [0.4, 0.5) is 0 Å². The molecule has 3 atom stereocenters. The maximum Gasteiger partial charge on any atom is 0.119 e. The molecule has 1 aromatic carbocycles. The zero-order valence-corrected chi connectivity index (χ0v) is 9.43. The fourth-order valence-corrected chi connectivity index (χ4v) is 3.18. The van der Waals surface area contributed by atoms with Gasteiger partial charge in [0.05, 0.1) is 6.61 Å². The lowest BCUT2D eigenvalue weighted by Crippen LogP contribution is -2.23. The summed E-state index contributed by atoms with van der Waals surface area (Å²) in [5.41, 5.74) is 0.945. The topological polar surface area (TPSA) is 29.5 Å². The van der Waals surface area contributed by atoms with Crippen molar-refractivity contribution in [2.45, 2.75) is 38.4 Å². The predicted molar refractivity (Wildman–Crippen MR) is 62.2 cm³/mol. The van der Waals surface area contributed by atoms with Crippen LogP contribution in [-0.2, 0) is 6.61 Å². The molecule has 2 saturated carbocycles. The van der Waals surface area contributed by atoms with Crippen molar-refractivity contribution in [3.63, 3.8) is 0 Å². The third kappa shape index (κ3) is 1.82. The summed E-state index contributed by atoms with van der Waals surface area (Å²) in [5.74, 6) is 2.67. The predicted octanol–water partition coefficient (Wildman–Crippen LogP) is 2.75. The van der Waals surface area contributed by atoms with Crippen LogP contribution in [0, 0.1) is 11.8 Å². The first-order valence-electron chi connectivity index (χ1n) is 6.21. The van der Waals surface area contributed by atoms with Crippen molar-refractivity contribution in [1.29, 1.82) is 0 Å². The molecular weight excluding hydrogens is 200 g/mol. The van der Waals surface area contributed by atoms with Crippen LogP contribution in [0.3, 0.4) is 0 Å². The molecule has 0 unspecified atom stereocenters. The third-order valence-corrected chi connectivity index (χ3v) is 4.07. The summed E-state index contributed by atoms with van der Waals surface area (Å²) >= 11 is 0. The Hall–Kier alpha value is -1.02. The highest BCUT2D eigenvalue weighted by Crippen LogP contribution is 2.45. The van der Waals surface area contributed by atoms with Gasteiger partial charge in [-0.05, 0) is 55.2 Å². The van der Waals surface area contributed by atoms with Crippen molar-refractivity contribution in [3.8, 4) is 5.75 Å². The molecule has 0 aromatic heterocycles. The molecule has 2 bridgehead atoms. The van der Waals surface area contributed by atoms with E-state index in [9.17, 15) is 0 Å². The van der Waals surface area contributed by atoms with E-state index in [-0.39, 0.29) is 6.61 Å². The minimum Gasteiger partial charge on any atom is -0.490 e. The maximum absolute atomic E-state index is 8.96. The van der Waals surface area contributed by atoms with Crippen LogP contribution in [0.25, 0.3) is 0 Å². The van der Waals surface area contributed by atoms with E-state index >= 15 is 0 Å². The normalized spacial score (nSPS) is 31.9. The van der Waals surface area contributed by atoms with E-state index in [1.807, 2.05) is 24.3 Å². The Balaban J connectivity index is 1.65. The van der Waals surface area contributed by atoms with Gasteiger partial charge in [-0.1, -0.05) is 12.1 Å². The minimum absolute atomic E-state index is 0.106. The van der Waals surface area contributed by atoms with Gasteiger partial charge in [-0.3, -0.25) is 0 Å². The van der Waals surface area contributed by atoms with E-state index in [2.05, 4.69) is 0 Å². The first-order chi connectivity index (χ1) is 7.85. The quantitative estimate of drug-likeness (QED) is 0.845. The molecule has 2 heteroatoms. The van der Waals surface area contributed by atoms with Gasteiger partial charge in [0.25, 0.3) is 0 Å². The SMILES string of the molecule is OCc1ccc(O[C@@H]2C[C@H]3CC[C@@H]2C3)cc1. The molecule has 0 heterocycles. The number of hydrogen-bond donors (Lipinski definition) is 1. The highest BCUT2D eigenvalue weighted by Gasteiger charge is 2.40. The summed E-state index contributed by atoms with van der Waals surface area (Å²) in [5, 5.41) is 8.96. The standard InChI is InChI=1S/C14H18O2/c15-9-10-2-5-13(6-3-10)16-14-8-11-1-4-12(14)7-11/h2-3,5-6,11-12,14-15H,1,4,7-9H2/t11-,12+,14+/m0/s1. The van der Waals surface area contributed by atoms with E-state index in [1.54, 1.807) is 0 Å². The molecule has 2 nitrogen and oxygen atoms in total. The monoisotopic (exact) mass is 218 g/mol. The summed E-state index contributed by atoms with van der Waals surface area (Å²) < 4.78 is 6.03. The van der Waals surface area contributed by atoms with Gasteiger partial charge in [0, 0.05) is 0 Å². The maximum atomic E-state index is 8.96. The zero-order chi connectivity index (χ0) is 11.0. The number of hydrogen-bond acceptors (Lipinski definition) is 2. The lowest BCUT2D eigenvalue weighted by molar-refractivity contribution is 0.138. The van der Waals surface area contributed by atoms with Gasteiger partial charge in [-0.15, -0.1) is 0 Å². The van der Waals surface area contributed by atoms with Crippen LogP contribution in [0.1, 0.15) is 31.2 Å². The number of benzene rings is 1. The molecule has 2 aliphatic carbocycles. The molecule has 0 spiro atoms. The molecule has 2 aliphatic rings. The molecule has 0 amide bonds. The Morgan fingerprint density at radius 3 is 2.50 bits per heavy atom. The molecule has 1 aromatic rings. The number of aliphatic hydroxyl groups is 1. The van der Waals surface area contributed by atoms with Crippen LogP contribution in [-0.4, -0.2) is 11.2 Å². The second-order valence-corrected chi connectivity index (χ2v) is 5.13. The van der Waals surface area contributed by atoms with Crippen LogP contribution in [0.15, 0.2) is 24.3 Å². The molecule has 0 aliphatic heterocycles. The van der Waals surface area contributed by atoms with Gasteiger partial charge in [-0.25, -0.2) is 0 Å². The Bertz CT molecular complexity index is 358. The van der Waals surface area contributed by atoms with Crippen molar-refractivity contribution in [2.24, 2.45) is 11.8 Å². The highest BCUT2D eigenvalue weighted by atomic mass is 16.5. The summed E-state index contributed by atoms with van der Waals surface area (Å²) in [6.07, 6.45) is 5.82. The molecule has 2 fully saturated rings. The Morgan fingerprint density at radius 1 is 1.12 bits per heavy atom. The second-order valence-electron chi connectivity index (χ2n) is 5.13. The van der Waals surface area contributed by atoms with Crippen LogP contribution in [0.2, 0.25) is 0 Å². The van der Waals surface area contributed by atoms with Crippen molar-refractivity contribution >= 4 is 0 Å². The molecule has 0 saturated heterocycles. The number of aliphatic hydroxyl groups excluding tert-OH is 1. The van der Waals surface area contributed by atoms with Gasteiger partial charge >= 0.3 is 0 Å². The molecule has 3 rings (SSSR count). The fourth-order valence-electron chi connectivity index (χ4n) is 3.18. The van der Waals surface area contributed by atoms with Crippen LogP contribution >= 0.6 is 0 Å². The Kier molecular flexibility index (Phi) is 2.60. The van der Waals surface area contributed by atoms with E-state index in [1.165, 1.54) is 25.7 Å².